The summed E-state index contributed by atoms with van der Waals surface area (Å²) in [6.07, 6.45) is 4.86. The van der Waals surface area contributed by atoms with E-state index in [1.165, 1.54) is 0 Å². The summed E-state index contributed by atoms with van der Waals surface area (Å²) in [6, 6.07) is 17.3. The molecule has 0 fully saturated rings. The first-order valence-electron chi connectivity index (χ1n) is 8.92. The van der Waals surface area contributed by atoms with Crippen molar-refractivity contribution in [1.82, 2.24) is 19.6 Å². The summed E-state index contributed by atoms with van der Waals surface area (Å²) in [4.78, 5) is 8.54. The summed E-state index contributed by atoms with van der Waals surface area (Å²) in [5.74, 6) is 1.14. The van der Waals surface area contributed by atoms with Gasteiger partial charge in [-0.3, -0.25) is 4.98 Å². The van der Waals surface area contributed by atoms with Crippen molar-refractivity contribution in [2.24, 2.45) is 5.73 Å². The van der Waals surface area contributed by atoms with E-state index in [0.29, 0.717) is 23.8 Å². The number of nitrogens with two attached hydrogens (primary N) is 1. The highest BCUT2D eigenvalue weighted by atomic mass is 16.5. The van der Waals surface area contributed by atoms with Gasteiger partial charge in [0.05, 0.1) is 6.20 Å². The van der Waals surface area contributed by atoms with Gasteiger partial charge in [0.1, 0.15) is 17.4 Å². The number of hydrogen-bond acceptors (Lipinski definition) is 6. The van der Waals surface area contributed by atoms with Gasteiger partial charge in [0, 0.05) is 36.0 Å². The van der Waals surface area contributed by atoms with Gasteiger partial charge in [0.15, 0.2) is 11.4 Å². The van der Waals surface area contributed by atoms with Crippen molar-refractivity contribution >= 4 is 16.6 Å². The van der Waals surface area contributed by atoms with E-state index in [1.54, 1.807) is 29.2 Å². The molecule has 0 unspecified atom stereocenters. The number of fused-ring (bicyclic) bond motifs is 2. The van der Waals surface area contributed by atoms with Crippen molar-refractivity contribution in [3.05, 3.63) is 78.8 Å². The fraction of sp³-hybridized carbons (Fsp3) is 0.0952. The minimum atomic E-state index is -0.336. The van der Waals surface area contributed by atoms with E-state index in [9.17, 15) is 0 Å². The van der Waals surface area contributed by atoms with Gasteiger partial charge in [-0.2, -0.15) is 0 Å². The Bertz CT molecular complexity index is 1210. The van der Waals surface area contributed by atoms with Crippen molar-refractivity contribution in [2.45, 2.75) is 6.10 Å². The normalized spacial score (nSPS) is 12.5. The van der Waals surface area contributed by atoms with Crippen LogP contribution in [0.4, 0.5) is 0 Å². The Morgan fingerprint density at radius 2 is 2.00 bits per heavy atom. The van der Waals surface area contributed by atoms with Crippen molar-refractivity contribution < 1.29 is 9.15 Å². The Kier molecular flexibility index (Phi) is 3.99. The second kappa shape index (κ2) is 6.79. The van der Waals surface area contributed by atoms with Crippen LogP contribution in [-0.4, -0.2) is 26.1 Å². The van der Waals surface area contributed by atoms with Crippen LogP contribution in [0.1, 0.15) is 11.7 Å². The molecule has 1 aromatic carbocycles. The number of pyridine rings is 1. The van der Waals surface area contributed by atoms with Gasteiger partial charge in [-0.25, -0.2) is 9.50 Å². The van der Waals surface area contributed by atoms with Crippen LogP contribution in [0.2, 0.25) is 0 Å². The van der Waals surface area contributed by atoms with Crippen LogP contribution >= 0.6 is 0 Å². The Labute approximate surface area is 160 Å². The monoisotopic (exact) mass is 371 g/mol. The fourth-order valence-corrected chi connectivity index (χ4v) is 3.16. The molecule has 2 N–H and O–H groups in total. The van der Waals surface area contributed by atoms with E-state index in [-0.39, 0.29) is 6.10 Å². The van der Waals surface area contributed by atoms with Crippen LogP contribution in [-0.2, 0) is 0 Å². The van der Waals surface area contributed by atoms with Crippen molar-refractivity contribution in [2.75, 3.05) is 6.54 Å². The smallest absolute Gasteiger partial charge is 0.232 e. The Morgan fingerprint density at radius 1 is 1.07 bits per heavy atom. The molecule has 0 aliphatic carbocycles. The zero-order chi connectivity index (χ0) is 18.9. The zero-order valence-corrected chi connectivity index (χ0v) is 14.9. The summed E-state index contributed by atoms with van der Waals surface area (Å²) in [7, 11) is 0. The quantitative estimate of drug-likeness (QED) is 0.507. The van der Waals surface area contributed by atoms with Crippen LogP contribution in [0, 0.1) is 0 Å². The first kappa shape index (κ1) is 16.5. The van der Waals surface area contributed by atoms with Crippen molar-refractivity contribution in [1.29, 1.82) is 0 Å². The molecule has 5 aromatic rings. The fourth-order valence-electron chi connectivity index (χ4n) is 3.16. The molecule has 0 amide bonds. The summed E-state index contributed by atoms with van der Waals surface area (Å²) >= 11 is 0. The number of furan rings is 1. The SMILES string of the molecule is NC[C@H](Oc1ccc2ncc(-c3cc4ccccc4o3)n2n1)c1cccnc1. The number of hydrogen-bond donors (Lipinski definition) is 1. The number of para-hydroxylation sites is 1. The molecule has 0 spiro atoms. The first-order chi connectivity index (χ1) is 13.8. The van der Waals surface area contributed by atoms with Gasteiger partial charge in [-0.05, 0) is 24.3 Å². The summed E-state index contributed by atoms with van der Waals surface area (Å²) < 4.78 is 13.7. The molecule has 0 saturated heterocycles. The standard InChI is InChI=1S/C21H17N5O2/c22-11-19(15-5-3-9-23-12-15)28-21-8-7-20-24-13-16(26(20)25-21)18-10-14-4-1-2-6-17(14)27-18/h1-10,12-13,19H,11,22H2/t19-/m0/s1. The number of imidazole rings is 1. The number of aromatic nitrogens is 4. The van der Waals surface area contributed by atoms with E-state index < -0.39 is 0 Å². The third kappa shape index (κ3) is 2.87. The lowest BCUT2D eigenvalue weighted by Crippen LogP contribution is -2.19. The molecule has 7 heteroatoms. The maximum absolute atomic E-state index is 6.02. The van der Waals surface area contributed by atoms with E-state index in [2.05, 4.69) is 15.1 Å². The molecule has 138 valence electrons. The molecule has 4 aromatic heterocycles. The maximum atomic E-state index is 6.02. The van der Waals surface area contributed by atoms with Gasteiger partial charge in [0.2, 0.25) is 5.88 Å². The maximum Gasteiger partial charge on any atom is 0.232 e. The average Bonchev–Trinajstić information content (AvgIpc) is 3.36. The number of benzene rings is 1. The van der Waals surface area contributed by atoms with Gasteiger partial charge in [-0.1, -0.05) is 24.3 Å². The lowest BCUT2D eigenvalue weighted by Gasteiger charge is -2.16. The second-order valence-corrected chi connectivity index (χ2v) is 6.36. The Hall–Kier alpha value is -3.71. The molecule has 0 aliphatic heterocycles. The lowest BCUT2D eigenvalue weighted by molar-refractivity contribution is 0.202. The average molecular weight is 371 g/mol. The van der Waals surface area contributed by atoms with Crippen LogP contribution in [0.3, 0.4) is 0 Å². The van der Waals surface area contributed by atoms with Crippen LogP contribution in [0.5, 0.6) is 5.88 Å². The molecular weight excluding hydrogens is 354 g/mol. The minimum absolute atomic E-state index is 0.311. The third-order valence-corrected chi connectivity index (χ3v) is 4.55. The van der Waals surface area contributed by atoms with Crippen LogP contribution < -0.4 is 10.5 Å². The van der Waals surface area contributed by atoms with Gasteiger partial charge in [-0.15, -0.1) is 5.10 Å². The molecular formula is C21H17N5O2. The summed E-state index contributed by atoms with van der Waals surface area (Å²) in [5.41, 5.74) is 9.07. The number of nitrogens with zero attached hydrogens (tertiary/aromatic N) is 4. The van der Waals surface area contributed by atoms with Gasteiger partial charge < -0.3 is 14.9 Å². The second-order valence-electron chi connectivity index (χ2n) is 6.36. The van der Waals surface area contributed by atoms with E-state index in [1.807, 2.05) is 48.5 Å². The van der Waals surface area contributed by atoms with Crippen LogP contribution in [0.15, 0.2) is 77.6 Å². The minimum Gasteiger partial charge on any atom is -0.467 e. The zero-order valence-electron chi connectivity index (χ0n) is 14.9. The lowest BCUT2D eigenvalue weighted by atomic mass is 10.1. The molecule has 7 nitrogen and oxygen atoms in total. The molecule has 5 rings (SSSR count). The predicted octanol–water partition coefficient (Wildman–Crippen LogP) is 3.62. The Morgan fingerprint density at radius 3 is 2.82 bits per heavy atom. The highest BCUT2D eigenvalue weighted by molar-refractivity contribution is 5.82. The number of rotatable bonds is 5. The predicted molar refractivity (Wildman–Crippen MR) is 105 cm³/mol. The van der Waals surface area contributed by atoms with Crippen LogP contribution in [0.25, 0.3) is 28.1 Å². The van der Waals surface area contributed by atoms with E-state index in [4.69, 9.17) is 14.9 Å². The topological polar surface area (TPSA) is 91.5 Å². The third-order valence-electron chi connectivity index (χ3n) is 4.55. The van der Waals surface area contributed by atoms with E-state index in [0.717, 1.165) is 22.2 Å². The highest BCUT2D eigenvalue weighted by Crippen LogP contribution is 2.28. The molecule has 1 atom stereocenters. The Balaban J connectivity index is 1.53. The van der Waals surface area contributed by atoms with Gasteiger partial charge >= 0.3 is 0 Å². The first-order valence-corrected chi connectivity index (χ1v) is 8.92. The molecule has 0 aliphatic rings. The number of ether oxygens (including phenoxy) is 1. The molecule has 28 heavy (non-hydrogen) atoms. The van der Waals surface area contributed by atoms with E-state index >= 15 is 0 Å². The molecule has 4 heterocycles. The summed E-state index contributed by atoms with van der Waals surface area (Å²) in [5, 5.41) is 5.62. The largest absolute Gasteiger partial charge is 0.467 e. The molecule has 0 saturated carbocycles. The highest BCUT2D eigenvalue weighted by Gasteiger charge is 2.16. The van der Waals surface area contributed by atoms with Crippen molar-refractivity contribution in [3.63, 3.8) is 0 Å². The van der Waals surface area contributed by atoms with Gasteiger partial charge in [0.25, 0.3) is 0 Å². The molecule has 0 radical (unpaired) electrons. The molecule has 0 bridgehead atoms. The summed E-state index contributed by atoms with van der Waals surface area (Å²) in [6.45, 7) is 0.311. The van der Waals surface area contributed by atoms with Crippen molar-refractivity contribution in [3.8, 4) is 17.3 Å².